The molecular formula is C22H18N2O3S. The molecule has 0 amide bonds. The van der Waals surface area contributed by atoms with Crippen molar-refractivity contribution in [1.29, 1.82) is 0 Å². The molecule has 2 heterocycles. The fourth-order valence-corrected chi connectivity index (χ4v) is 3.64. The quantitative estimate of drug-likeness (QED) is 0.413. The van der Waals surface area contributed by atoms with E-state index in [0.29, 0.717) is 5.82 Å². The van der Waals surface area contributed by atoms with Crippen molar-refractivity contribution >= 4 is 17.3 Å². The van der Waals surface area contributed by atoms with Crippen LogP contribution in [-0.4, -0.2) is 16.1 Å². The van der Waals surface area contributed by atoms with E-state index in [1.165, 1.54) is 11.3 Å². The van der Waals surface area contributed by atoms with Crippen LogP contribution in [0.2, 0.25) is 0 Å². The van der Waals surface area contributed by atoms with Gasteiger partial charge in [0.1, 0.15) is 0 Å². The Labute approximate surface area is 166 Å². The number of rotatable bonds is 7. The highest BCUT2D eigenvalue weighted by Crippen LogP contribution is 2.28. The van der Waals surface area contributed by atoms with E-state index < -0.39 is 0 Å². The monoisotopic (exact) mass is 390 g/mol. The first kappa shape index (κ1) is 18.1. The summed E-state index contributed by atoms with van der Waals surface area (Å²) in [4.78, 5) is 17.7. The highest BCUT2D eigenvalue weighted by atomic mass is 32.1. The Morgan fingerprint density at radius 1 is 0.964 bits per heavy atom. The van der Waals surface area contributed by atoms with E-state index in [0.717, 1.165) is 16.0 Å². The average Bonchev–Trinajstić information content (AvgIpc) is 3.43. The van der Waals surface area contributed by atoms with Gasteiger partial charge in [0, 0.05) is 5.92 Å². The zero-order valence-corrected chi connectivity index (χ0v) is 15.8. The normalized spacial score (nSPS) is 10.9. The van der Waals surface area contributed by atoms with Crippen molar-refractivity contribution < 1.29 is 14.1 Å². The van der Waals surface area contributed by atoms with Crippen molar-refractivity contribution in [3.8, 4) is 10.7 Å². The van der Waals surface area contributed by atoms with Gasteiger partial charge in [-0.05, 0) is 22.6 Å². The van der Waals surface area contributed by atoms with Gasteiger partial charge in [-0.2, -0.15) is 4.98 Å². The molecule has 0 N–H and O–H groups in total. The molecule has 0 radical (unpaired) electrons. The van der Waals surface area contributed by atoms with Gasteiger partial charge in [0.25, 0.3) is 5.89 Å². The molecule has 28 heavy (non-hydrogen) atoms. The summed E-state index contributed by atoms with van der Waals surface area (Å²) in [7, 11) is 0. The van der Waals surface area contributed by atoms with E-state index in [2.05, 4.69) is 10.1 Å². The molecule has 0 aliphatic carbocycles. The van der Waals surface area contributed by atoms with Crippen LogP contribution in [0.3, 0.4) is 0 Å². The third kappa shape index (κ3) is 4.35. The summed E-state index contributed by atoms with van der Waals surface area (Å²) >= 11 is 1.52. The molecular weight excluding hydrogens is 372 g/mol. The molecule has 2 aromatic heterocycles. The Hall–Kier alpha value is -3.25. The van der Waals surface area contributed by atoms with Crippen LogP contribution < -0.4 is 0 Å². The van der Waals surface area contributed by atoms with E-state index >= 15 is 0 Å². The first-order chi connectivity index (χ1) is 13.8. The number of hydrogen-bond acceptors (Lipinski definition) is 6. The molecule has 5 nitrogen and oxygen atoms in total. The second kappa shape index (κ2) is 8.63. The van der Waals surface area contributed by atoms with Crippen molar-refractivity contribution in [1.82, 2.24) is 10.1 Å². The van der Waals surface area contributed by atoms with Crippen LogP contribution >= 0.6 is 11.3 Å². The first-order valence-electron chi connectivity index (χ1n) is 8.91. The second-order valence-corrected chi connectivity index (χ2v) is 7.18. The van der Waals surface area contributed by atoms with Gasteiger partial charge in [0.2, 0.25) is 5.82 Å². The van der Waals surface area contributed by atoms with Gasteiger partial charge in [-0.25, -0.2) is 0 Å². The van der Waals surface area contributed by atoms with E-state index in [4.69, 9.17) is 9.26 Å². The molecule has 4 rings (SSSR count). The molecule has 0 atom stereocenters. The number of nitrogens with zero attached hydrogens (tertiary/aromatic N) is 2. The minimum Gasteiger partial charge on any atom is -0.456 e. The molecule has 140 valence electrons. The SMILES string of the molecule is O=C(CC(c1ccccc1)c1ccccc1)OCc1nc(-c2cccs2)no1. The summed E-state index contributed by atoms with van der Waals surface area (Å²) in [6.07, 6.45) is 0.236. The third-order valence-corrected chi connectivity index (χ3v) is 5.21. The van der Waals surface area contributed by atoms with Gasteiger partial charge in [-0.1, -0.05) is 71.9 Å². The Morgan fingerprint density at radius 3 is 2.25 bits per heavy atom. The number of carbonyl (C=O) groups excluding carboxylic acids is 1. The summed E-state index contributed by atoms with van der Waals surface area (Å²) in [5.74, 6) is 0.410. The van der Waals surface area contributed by atoms with E-state index in [9.17, 15) is 4.79 Å². The maximum atomic E-state index is 12.5. The molecule has 0 unspecified atom stereocenters. The van der Waals surface area contributed by atoms with Crippen molar-refractivity contribution in [2.75, 3.05) is 0 Å². The lowest BCUT2D eigenvalue weighted by Gasteiger charge is -2.17. The van der Waals surface area contributed by atoms with Crippen molar-refractivity contribution in [3.05, 3.63) is 95.2 Å². The zero-order valence-electron chi connectivity index (χ0n) is 15.0. The molecule has 0 bridgehead atoms. The summed E-state index contributed by atoms with van der Waals surface area (Å²) in [5.41, 5.74) is 2.15. The predicted molar refractivity (Wildman–Crippen MR) is 107 cm³/mol. The van der Waals surface area contributed by atoms with Gasteiger partial charge in [0.05, 0.1) is 11.3 Å². The predicted octanol–water partition coefficient (Wildman–Crippen LogP) is 5.06. The standard InChI is InChI=1S/C22H18N2O3S/c25-21(26-15-20-23-22(24-27-20)19-12-7-13-28-19)14-18(16-8-3-1-4-9-16)17-10-5-2-6-11-17/h1-13,18H,14-15H2. The number of aromatic nitrogens is 2. The summed E-state index contributed by atoms with van der Waals surface area (Å²) in [6.45, 7) is -0.0342. The largest absolute Gasteiger partial charge is 0.456 e. The van der Waals surface area contributed by atoms with Crippen LogP contribution in [0.5, 0.6) is 0 Å². The van der Waals surface area contributed by atoms with E-state index in [-0.39, 0.29) is 30.8 Å². The van der Waals surface area contributed by atoms with Gasteiger partial charge in [-0.15, -0.1) is 11.3 Å². The molecule has 0 saturated heterocycles. The molecule has 0 aliphatic heterocycles. The Morgan fingerprint density at radius 2 is 1.64 bits per heavy atom. The van der Waals surface area contributed by atoms with Crippen LogP contribution in [0, 0.1) is 0 Å². The molecule has 0 aliphatic rings. The van der Waals surface area contributed by atoms with E-state index in [1.54, 1.807) is 0 Å². The number of hydrogen-bond donors (Lipinski definition) is 0. The van der Waals surface area contributed by atoms with Crippen LogP contribution in [0.4, 0.5) is 0 Å². The molecule has 0 saturated carbocycles. The fraction of sp³-hybridized carbons (Fsp3) is 0.136. The summed E-state index contributed by atoms with van der Waals surface area (Å²) in [6, 6.07) is 23.7. The summed E-state index contributed by atoms with van der Waals surface area (Å²) < 4.78 is 10.6. The number of carbonyl (C=O) groups is 1. The van der Waals surface area contributed by atoms with Crippen molar-refractivity contribution in [2.24, 2.45) is 0 Å². The second-order valence-electron chi connectivity index (χ2n) is 6.23. The topological polar surface area (TPSA) is 65.2 Å². The molecule has 0 fully saturated rings. The van der Waals surface area contributed by atoms with Crippen LogP contribution in [0.25, 0.3) is 10.7 Å². The highest BCUT2D eigenvalue weighted by Gasteiger charge is 2.20. The number of thiophene rings is 1. The number of ether oxygens (including phenoxy) is 1. The van der Waals surface area contributed by atoms with Gasteiger partial charge < -0.3 is 9.26 Å². The van der Waals surface area contributed by atoms with Crippen LogP contribution in [0.1, 0.15) is 29.4 Å². The smallest absolute Gasteiger partial charge is 0.307 e. The van der Waals surface area contributed by atoms with Gasteiger partial charge in [-0.3, -0.25) is 4.79 Å². The lowest BCUT2D eigenvalue weighted by molar-refractivity contribution is -0.146. The lowest BCUT2D eigenvalue weighted by atomic mass is 9.89. The highest BCUT2D eigenvalue weighted by molar-refractivity contribution is 7.13. The minimum atomic E-state index is -0.312. The lowest BCUT2D eigenvalue weighted by Crippen LogP contribution is -2.12. The van der Waals surface area contributed by atoms with Crippen molar-refractivity contribution in [3.63, 3.8) is 0 Å². The maximum absolute atomic E-state index is 12.5. The van der Waals surface area contributed by atoms with E-state index in [1.807, 2.05) is 78.2 Å². The molecule has 2 aromatic carbocycles. The van der Waals surface area contributed by atoms with Crippen LogP contribution in [-0.2, 0) is 16.1 Å². The van der Waals surface area contributed by atoms with Crippen molar-refractivity contribution in [2.45, 2.75) is 18.9 Å². The van der Waals surface area contributed by atoms with Gasteiger partial charge >= 0.3 is 5.97 Å². The number of benzene rings is 2. The Bertz CT molecular complexity index is 975. The summed E-state index contributed by atoms with van der Waals surface area (Å²) in [5, 5.41) is 5.87. The zero-order chi connectivity index (χ0) is 19.2. The van der Waals surface area contributed by atoms with Gasteiger partial charge in [0.15, 0.2) is 6.61 Å². The molecule has 0 spiro atoms. The van der Waals surface area contributed by atoms with Crippen LogP contribution in [0.15, 0.2) is 82.7 Å². The Kier molecular flexibility index (Phi) is 5.58. The molecule has 6 heteroatoms. The minimum absolute atomic E-state index is 0.0342. The Balaban J connectivity index is 1.42. The fourth-order valence-electron chi connectivity index (χ4n) is 2.99. The maximum Gasteiger partial charge on any atom is 0.307 e. The third-order valence-electron chi connectivity index (χ3n) is 4.34. The first-order valence-corrected chi connectivity index (χ1v) is 9.79. The molecule has 4 aromatic rings. The number of esters is 1. The average molecular weight is 390 g/mol.